The molecule has 5 heteroatoms. The van der Waals surface area contributed by atoms with Crippen molar-refractivity contribution in [1.82, 2.24) is 15.2 Å². The molecule has 2 aromatic rings. The average molecular weight is 335 g/mol. The molecule has 1 unspecified atom stereocenters. The molecule has 1 N–H and O–H groups in total. The van der Waals surface area contributed by atoms with Crippen LogP contribution in [0.2, 0.25) is 0 Å². The van der Waals surface area contributed by atoms with E-state index in [1.54, 1.807) is 6.20 Å². The fourth-order valence-corrected chi connectivity index (χ4v) is 3.04. The Morgan fingerprint density at radius 2 is 2.08 bits per heavy atom. The first-order valence-electron chi connectivity index (χ1n) is 8.36. The molecule has 0 radical (unpaired) electrons. The lowest BCUT2D eigenvalue weighted by Gasteiger charge is -2.17. The van der Waals surface area contributed by atoms with Gasteiger partial charge in [-0.05, 0) is 41.8 Å². The van der Waals surface area contributed by atoms with Gasteiger partial charge in [0.1, 0.15) is 0 Å². The van der Waals surface area contributed by atoms with Crippen LogP contribution in [0, 0.1) is 0 Å². The summed E-state index contributed by atoms with van der Waals surface area (Å²) in [5.74, 6) is 0.192. The first-order valence-corrected chi connectivity index (χ1v) is 8.36. The van der Waals surface area contributed by atoms with Crippen molar-refractivity contribution in [2.24, 2.45) is 0 Å². The normalized spacial score (nSPS) is 16.5. The number of carbonyl (C=O) groups is 2. The second-order valence-corrected chi connectivity index (χ2v) is 6.14. The maximum absolute atomic E-state index is 12.7. The number of amides is 2. The van der Waals surface area contributed by atoms with Crippen molar-refractivity contribution in [2.75, 3.05) is 13.1 Å². The number of aromatic nitrogens is 1. The summed E-state index contributed by atoms with van der Waals surface area (Å²) in [6.45, 7) is 5.32. The molecule has 1 aromatic carbocycles. The summed E-state index contributed by atoms with van der Waals surface area (Å²) in [6.07, 6.45) is 5.85. The van der Waals surface area contributed by atoms with E-state index in [4.69, 9.17) is 0 Å². The molecule has 0 saturated carbocycles. The van der Waals surface area contributed by atoms with Gasteiger partial charge in [-0.1, -0.05) is 24.8 Å². The van der Waals surface area contributed by atoms with E-state index in [2.05, 4.69) is 22.9 Å². The van der Waals surface area contributed by atoms with Gasteiger partial charge in [-0.3, -0.25) is 14.6 Å². The van der Waals surface area contributed by atoms with E-state index in [0.29, 0.717) is 18.0 Å². The van der Waals surface area contributed by atoms with E-state index >= 15 is 0 Å². The summed E-state index contributed by atoms with van der Waals surface area (Å²) in [7, 11) is 0. The Labute approximate surface area is 147 Å². The molecule has 0 spiro atoms. The summed E-state index contributed by atoms with van der Waals surface area (Å²) >= 11 is 0. The van der Waals surface area contributed by atoms with Crippen LogP contribution in [0.1, 0.15) is 33.8 Å². The largest absolute Gasteiger partial charge is 0.348 e. The van der Waals surface area contributed by atoms with Gasteiger partial charge in [0.25, 0.3) is 5.91 Å². The molecule has 1 atom stereocenters. The Balaban J connectivity index is 1.60. The fraction of sp³-hybridized carbons (Fsp3) is 0.250. The van der Waals surface area contributed by atoms with Crippen LogP contribution in [0.5, 0.6) is 0 Å². The first-order chi connectivity index (χ1) is 12.2. The quantitative estimate of drug-likeness (QED) is 0.854. The monoisotopic (exact) mass is 335 g/mol. The molecular weight excluding hydrogens is 314 g/mol. The van der Waals surface area contributed by atoms with E-state index in [1.165, 1.54) is 11.6 Å². The standard InChI is InChI=1S/C20H21N3O2/c1-2-19(24)22-12-15-5-7-16(8-6-15)20(25)23-11-9-18(14-23)17-4-3-10-21-13-17/h2-8,10,13,18H,1,9,11-12,14H2,(H,22,24). The number of hydrogen-bond donors (Lipinski definition) is 1. The van der Waals surface area contributed by atoms with Crippen molar-refractivity contribution in [3.8, 4) is 0 Å². The van der Waals surface area contributed by atoms with Crippen molar-refractivity contribution in [3.05, 3.63) is 78.1 Å². The number of likely N-dealkylation sites (tertiary alicyclic amines) is 1. The highest BCUT2D eigenvalue weighted by Crippen LogP contribution is 2.27. The maximum atomic E-state index is 12.7. The molecule has 1 aliphatic heterocycles. The Bertz CT molecular complexity index is 756. The van der Waals surface area contributed by atoms with E-state index in [9.17, 15) is 9.59 Å². The minimum absolute atomic E-state index is 0.0491. The molecule has 25 heavy (non-hydrogen) atoms. The van der Waals surface area contributed by atoms with Crippen LogP contribution in [0.4, 0.5) is 0 Å². The maximum Gasteiger partial charge on any atom is 0.253 e. The second-order valence-electron chi connectivity index (χ2n) is 6.14. The smallest absolute Gasteiger partial charge is 0.253 e. The number of benzene rings is 1. The molecule has 1 fully saturated rings. The van der Waals surface area contributed by atoms with E-state index in [1.807, 2.05) is 41.4 Å². The summed E-state index contributed by atoms with van der Waals surface area (Å²) in [6, 6.07) is 11.4. The van der Waals surface area contributed by atoms with Gasteiger partial charge in [-0.25, -0.2) is 0 Å². The zero-order chi connectivity index (χ0) is 17.6. The summed E-state index contributed by atoms with van der Waals surface area (Å²) in [4.78, 5) is 29.9. The molecular formula is C20H21N3O2. The van der Waals surface area contributed by atoms with E-state index in [-0.39, 0.29) is 11.8 Å². The Morgan fingerprint density at radius 1 is 1.28 bits per heavy atom. The van der Waals surface area contributed by atoms with Gasteiger partial charge in [-0.2, -0.15) is 0 Å². The number of hydrogen-bond acceptors (Lipinski definition) is 3. The van der Waals surface area contributed by atoms with Gasteiger partial charge in [0.2, 0.25) is 5.91 Å². The minimum Gasteiger partial charge on any atom is -0.348 e. The van der Waals surface area contributed by atoms with Crippen LogP contribution in [0.3, 0.4) is 0 Å². The number of nitrogens with zero attached hydrogens (tertiary/aromatic N) is 2. The number of carbonyl (C=O) groups excluding carboxylic acids is 2. The SMILES string of the molecule is C=CC(=O)NCc1ccc(C(=O)N2CCC(c3cccnc3)C2)cc1. The lowest BCUT2D eigenvalue weighted by molar-refractivity contribution is -0.116. The Kier molecular flexibility index (Phi) is 5.23. The number of rotatable bonds is 5. The lowest BCUT2D eigenvalue weighted by atomic mass is 10.0. The molecule has 1 aliphatic rings. The van der Waals surface area contributed by atoms with Crippen LogP contribution in [-0.4, -0.2) is 34.8 Å². The number of nitrogens with one attached hydrogen (secondary N) is 1. The van der Waals surface area contributed by atoms with Crippen LogP contribution >= 0.6 is 0 Å². The zero-order valence-corrected chi connectivity index (χ0v) is 14.0. The molecule has 2 heterocycles. The van der Waals surface area contributed by atoms with Gasteiger partial charge in [0, 0.05) is 43.5 Å². The highest BCUT2D eigenvalue weighted by molar-refractivity contribution is 5.94. The van der Waals surface area contributed by atoms with Gasteiger partial charge < -0.3 is 10.2 Å². The van der Waals surface area contributed by atoms with Gasteiger partial charge in [0.15, 0.2) is 0 Å². The Hall–Kier alpha value is -2.95. The van der Waals surface area contributed by atoms with Crippen LogP contribution in [0.15, 0.2) is 61.4 Å². The third-order valence-corrected chi connectivity index (χ3v) is 4.48. The molecule has 2 amide bonds. The fourth-order valence-electron chi connectivity index (χ4n) is 3.04. The minimum atomic E-state index is -0.210. The predicted molar refractivity (Wildman–Crippen MR) is 96.0 cm³/mol. The number of pyridine rings is 1. The van der Waals surface area contributed by atoms with Gasteiger partial charge in [-0.15, -0.1) is 0 Å². The molecule has 1 saturated heterocycles. The summed E-state index contributed by atoms with van der Waals surface area (Å²) in [5.41, 5.74) is 2.80. The molecule has 128 valence electrons. The van der Waals surface area contributed by atoms with Gasteiger partial charge >= 0.3 is 0 Å². The van der Waals surface area contributed by atoms with E-state index in [0.717, 1.165) is 25.1 Å². The van der Waals surface area contributed by atoms with Crippen LogP contribution in [-0.2, 0) is 11.3 Å². The van der Waals surface area contributed by atoms with Crippen molar-refractivity contribution in [3.63, 3.8) is 0 Å². The van der Waals surface area contributed by atoms with Crippen LogP contribution in [0.25, 0.3) is 0 Å². The molecule has 0 aliphatic carbocycles. The van der Waals surface area contributed by atoms with Crippen LogP contribution < -0.4 is 5.32 Å². The van der Waals surface area contributed by atoms with Crippen molar-refractivity contribution in [2.45, 2.75) is 18.9 Å². The summed E-state index contributed by atoms with van der Waals surface area (Å²) < 4.78 is 0. The third-order valence-electron chi connectivity index (χ3n) is 4.48. The van der Waals surface area contributed by atoms with Crippen molar-refractivity contribution < 1.29 is 9.59 Å². The third kappa shape index (κ3) is 4.12. The van der Waals surface area contributed by atoms with Crippen molar-refractivity contribution >= 4 is 11.8 Å². The molecule has 0 bridgehead atoms. The second kappa shape index (κ2) is 7.75. The lowest BCUT2D eigenvalue weighted by Crippen LogP contribution is -2.28. The predicted octanol–water partition coefficient (Wildman–Crippen LogP) is 2.51. The van der Waals surface area contributed by atoms with Gasteiger partial charge in [0.05, 0.1) is 0 Å². The molecule has 5 nitrogen and oxygen atoms in total. The highest BCUT2D eigenvalue weighted by atomic mass is 16.2. The summed E-state index contributed by atoms with van der Waals surface area (Å²) in [5, 5.41) is 2.72. The molecule has 1 aromatic heterocycles. The molecule has 3 rings (SSSR count). The Morgan fingerprint density at radius 3 is 2.76 bits per heavy atom. The van der Waals surface area contributed by atoms with Crippen molar-refractivity contribution in [1.29, 1.82) is 0 Å². The first kappa shape index (κ1) is 16.9. The van der Waals surface area contributed by atoms with E-state index < -0.39 is 0 Å². The topological polar surface area (TPSA) is 62.3 Å². The highest BCUT2D eigenvalue weighted by Gasteiger charge is 2.27. The zero-order valence-electron chi connectivity index (χ0n) is 14.0. The average Bonchev–Trinajstić information content (AvgIpc) is 3.17.